The summed E-state index contributed by atoms with van der Waals surface area (Å²) in [5, 5.41) is 13.8. The number of carbonyl (C=O) groups excluding carboxylic acids is 1. The number of amides is 1. The molecule has 0 aliphatic heterocycles. The molecule has 0 bridgehead atoms. The van der Waals surface area contributed by atoms with E-state index in [1.54, 1.807) is 7.11 Å². The van der Waals surface area contributed by atoms with Gasteiger partial charge in [0.1, 0.15) is 11.6 Å². The molecule has 8 heteroatoms. The van der Waals surface area contributed by atoms with Crippen molar-refractivity contribution in [1.29, 1.82) is 0 Å². The Morgan fingerprint density at radius 3 is 2.68 bits per heavy atom. The molecule has 1 aromatic heterocycles. The number of carbonyl (C=O) groups is 1. The maximum Gasteiger partial charge on any atom is 0.217 e. The van der Waals surface area contributed by atoms with E-state index < -0.39 is 0 Å². The van der Waals surface area contributed by atoms with Crippen LogP contribution < -0.4 is 10.5 Å². The Labute approximate surface area is 162 Å². The van der Waals surface area contributed by atoms with Crippen molar-refractivity contribution in [2.45, 2.75) is 31.6 Å². The van der Waals surface area contributed by atoms with E-state index >= 15 is 0 Å². The summed E-state index contributed by atoms with van der Waals surface area (Å²) >= 11 is 0. The minimum Gasteiger partial charge on any atom is -0.497 e. The Morgan fingerprint density at radius 2 is 2.04 bits per heavy atom. The van der Waals surface area contributed by atoms with Gasteiger partial charge < -0.3 is 10.5 Å². The van der Waals surface area contributed by atoms with E-state index in [2.05, 4.69) is 20.6 Å². The molecule has 1 amide bonds. The number of nitrogens with zero attached hydrogens (tertiary/aromatic N) is 3. The molecule has 0 spiro atoms. The molecule has 0 saturated heterocycles. The zero-order chi connectivity index (χ0) is 19.9. The first-order valence-electron chi connectivity index (χ1n) is 9.00. The summed E-state index contributed by atoms with van der Waals surface area (Å²) < 4.78 is 19.5. The Hall–Kier alpha value is -3.29. The first-order chi connectivity index (χ1) is 13.5. The number of primary amides is 1. The maximum absolute atomic E-state index is 14.3. The van der Waals surface area contributed by atoms with Crippen molar-refractivity contribution in [2.75, 3.05) is 7.11 Å². The second kappa shape index (κ2) is 9.07. The SMILES string of the molecule is COc1ccc(CC(CCCC(N)=O)c2cc(F)cc(-c3nn[nH]n3)c2)cc1. The molecule has 146 valence electrons. The minimum absolute atomic E-state index is 0.00842. The number of methoxy groups -OCH3 is 1. The van der Waals surface area contributed by atoms with E-state index in [1.165, 1.54) is 12.1 Å². The summed E-state index contributed by atoms with van der Waals surface area (Å²) in [5.41, 5.74) is 7.74. The first-order valence-corrected chi connectivity index (χ1v) is 9.00. The number of nitrogens with one attached hydrogen (secondary N) is 1. The van der Waals surface area contributed by atoms with E-state index in [0.717, 1.165) is 16.9 Å². The Balaban J connectivity index is 1.87. The number of rotatable bonds is 9. The van der Waals surface area contributed by atoms with Crippen LogP contribution in [0.1, 0.15) is 36.3 Å². The van der Waals surface area contributed by atoms with E-state index in [1.807, 2.05) is 30.3 Å². The molecule has 1 heterocycles. The third kappa shape index (κ3) is 5.12. The van der Waals surface area contributed by atoms with Gasteiger partial charge in [-0.1, -0.05) is 12.1 Å². The smallest absolute Gasteiger partial charge is 0.217 e. The second-order valence-corrected chi connectivity index (χ2v) is 6.62. The molecule has 1 atom stereocenters. The van der Waals surface area contributed by atoms with Crippen molar-refractivity contribution in [3.05, 3.63) is 59.4 Å². The average Bonchev–Trinajstić information content (AvgIpc) is 3.22. The number of nitrogens with two attached hydrogens (primary N) is 1. The number of H-pyrrole nitrogens is 1. The zero-order valence-electron chi connectivity index (χ0n) is 15.6. The van der Waals surface area contributed by atoms with Gasteiger partial charge in [0, 0.05) is 12.0 Å². The molecule has 3 N–H and O–H groups in total. The Morgan fingerprint density at radius 1 is 1.25 bits per heavy atom. The van der Waals surface area contributed by atoms with Gasteiger partial charge in [0.15, 0.2) is 0 Å². The van der Waals surface area contributed by atoms with Gasteiger partial charge in [-0.25, -0.2) is 4.39 Å². The lowest BCUT2D eigenvalue weighted by Gasteiger charge is -2.18. The van der Waals surface area contributed by atoms with Crippen LogP contribution in [-0.4, -0.2) is 33.6 Å². The van der Waals surface area contributed by atoms with Crippen molar-refractivity contribution in [3.63, 3.8) is 0 Å². The predicted octanol–water partition coefficient (Wildman–Crippen LogP) is 3.00. The van der Waals surface area contributed by atoms with Gasteiger partial charge >= 0.3 is 0 Å². The van der Waals surface area contributed by atoms with Crippen LogP contribution in [0.4, 0.5) is 4.39 Å². The molecule has 28 heavy (non-hydrogen) atoms. The molecular weight excluding hydrogens is 361 g/mol. The molecule has 0 aliphatic rings. The standard InChI is InChI=1S/C20H22FN5O2/c1-28-18-7-5-13(6-8-18)9-14(3-2-4-19(22)27)15-10-16(12-17(21)11-15)20-23-25-26-24-20/h5-8,10-12,14H,2-4,9H2,1H3,(H2,22,27)(H,23,24,25,26). The second-order valence-electron chi connectivity index (χ2n) is 6.62. The number of hydrogen-bond acceptors (Lipinski definition) is 5. The van der Waals surface area contributed by atoms with Crippen LogP contribution in [0, 0.1) is 5.82 Å². The van der Waals surface area contributed by atoms with E-state index in [-0.39, 0.29) is 17.6 Å². The van der Waals surface area contributed by atoms with Gasteiger partial charge in [0.05, 0.1) is 7.11 Å². The molecule has 0 aliphatic carbocycles. The number of halogens is 1. The van der Waals surface area contributed by atoms with Gasteiger partial charge in [-0.15, -0.1) is 10.2 Å². The van der Waals surface area contributed by atoms with Gasteiger partial charge in [0.25, 0.3) is 0 Å². The number of aromatic nitrogens is 4. The topological polar surface area (TPSA) is 107 Å². The maximum atomic E-state index is 14.3. The number of hydrogen-bond donors (Lipinski definition) is 2. The van der Waals surface area contributed by atoms with Crippen molar-refractivity contribution in [1.82, 2.24) is 20.6 Å². The summed E-state index contributed by atoms with van der Waals surface area (Å²) in [6.07, 6.45) is 2.32. The van der Waals surface area contributed by atoms with E-state index in [9.17, 15) is 9.18 Å². The summed E-state index contributed by atoms with van der Waals surface area (Å²) in [7, 11) is 1.62. The third-order valence-corrected chi connectivity index (χ3v) is 4.61. The van der Waals surface area contributed by atoms with Crippen LogP contribution >= 0.6 is 0 Å². The number of tetrazole rings is 1. The molecule has 0 fully saturated rings. The summed E-state index contributed by atoms with van der Waals surface area (Å²) in [5.74, 6) is 0.413. The normalized spacial score (nSPS) is 11.9. The number of benzene rings is 2. The van der Waals surface area contributed by atoms with Crippen LogP contribution in [0.3, 0.4) is 0 Å². The molecular formula is C20H22FN5O2. The van der Waals surface area contributed by atoms with Gasteiger partial charge in [-0.3, -0.25) is 4.79 Å². The lowest BCUT2D eigenvalue weighted by molar-refractivity contribution is -0.118. The van der Waals surface area contributed by atoms with E-state index in [0.29, 0.717) is 37.1 Å². The molecule has 0 saturated carbocycles. The molecule has 1 unspecified atom stereocenters. The van der Waals surface area contributed by atoms with Crippen molar-refractivity contribution in [2.24, 2.45) is 5.73 Å². The highest BCUT2D eigenvalue weighted by atomic mass is 19.1. The van der Waals surface area contributed by atoms with Crippen molar-refractivity contribution >= 4 is 5.91 Å². The number of aromatic amines is 1. The van der Waals surface area contributed by atoms with Crippen LogP contribution in [0.15, 0.2) is 42.5 Å². The van der Waals surface area contributed by atoms with Gasteiger partial charge in [0.2, 0.25) is 11.7 Å². The summed E-state index contributed by atoms with van der Waals surface area (Å²) in [6, 6.07) is 12.5. The molecule has 3 aromatic rings. The quantitative estimate of drug-likeness (QED) is 0.591. The van der Waals surface area contributed by atoms with Gasteiger partial charge in [-0.05, 0) is 71.9 Å². The van der Waals surface area contributed by atoms with Crippen LogP contribution in [-0.2, 0) is 11.2 Å². The van der Waals surface area contributed by atoms with Crippen molar-refractivity contribution in [3.8, 4) is 17.1 Å². The fourth-order valence-corrected chi connectivity index (χ4v) is 3.22. The highest BCUT2D eigenvalue weighted by molar-refractivity contribution is 5.73. The highest BCUT2D eigenvalue weighted by Gasteiger charge is 2.17. The monoisotopic (exact) mass is 383 g/mol. The first kappa shape index (κ1) is 19.5. The van der Waals surface area contributed by atoms with Crippen LogP contribution in [0.5, 0.6) is 5.75 Å². The summed E-state index contributed by atoms with van der Waals surface area (Å²) in [6.45, 7) is 0. The van der Waals surface area contributed by atoms with Gasteiger partial charge in [-0.2, -0.15) is 5.21 Å². The van der Waals surface area contributed by atoms with Crippen LogP contribution in [0.2, 0.25) is 0 Å². The molecule has 7 nitrogen and oxygen atoms in total. The fraction of sp³-hybridized carbons (Fsp3) is 0.300. The van der Waals surface area contributed by atoms with Crippen LogP contribution in [0.25, 0.3) is 11.4 Å². The molecule has 0 radical (unpaired) electrons. The minimum atomic E-state index is -0.369. The Bertz CT molecular complexity index is 913. The average molecular weight is 383 g/mol. The third-order valence-electron chi connectivity index (χ3n) is 4.61. The largest absolute Gasteiger partial charge is 0.497 e. The fourth-order valence-electron chi connectivity index (χ4n) is 3.22. The highest BCUT2D eigenvalue weighted by Crippen LogP contribution is 2.30. The summed E-state index contributed by atoms with van der Waals surface area (Å²) in [4.78, 5) is 11.1. The van der Waals surface area contributed by atoms with Crippen molar-refractivity contribution < 1.29 is 13.9 Å². The predicted molar refractivity (Wildman–Crippen MR) is 102 cm³/mol. The molecule has 2 aromatic carbocycles. The number of ether oxygens (including phenoxy) is 1. The lowest BCUT2D eigenvalue weighted by atomic mass is 9.86. The zero-order valence-corrected chi connectivity index (χ0v) is 15.6. The lowest BCUT2D eigenvalue weighted by Crippen LogP contribution is -2.11. The Kier molecular flexibility index (Phi) is 6.31. The van der Waals surface area contributed by atoms with E-state index in [4.69, 9.17) is 10.5 Å². The molecule has 3 rings (SSSR count).